The molecule has 0 fully saturated rings. The van der Waals surface area contributed by atoms with Crippen molar-refractivity contribution in [1.82, 2.24) is 0 Å². The molecular formula is C17H13F3. The monoisotopic (exact) mass is 274 g/mol. The number of rotatable bonds is 3. The molecule has 2 aromatic carbocycles. The van der Waals surface area contributed by atoms with Gasteiger partial charge in [-0.1, -0.05) is 72.8 Å². The van der Waals surface area contributed by atoms with Crippen LogP contribution in [0.3, 0.4) is 0 Å². The molecule has 20 heavy (non-hydrogen) atoms. The minimum Gasteiger partial charge on any atom is -0.167 e. The Hall–Kier alpha value is -2.29. The maximum absolute atomic E-state index is 12.6. The second kappa shape index (κ2) is 6.24. The summed E-state index contributed by atoms with van der Waals surface area (Å²) in [5, 5.41) is 0. The zero-order valence-corrected chi connectivity index (χ0v) is 10.6. The minimum atomic E-state index is -4.34. The van der Waals surface area contributed by atoms with Crippen LogP contribution >= 0.6 is 0 Å². The fourth-order valence-corrected chi connectivity index (χ4v) is 1.78. The van der Waals surface area contributed by atoms with Crippen molar-refractivity contribution in [1.29, 1.82) is 0 Å². The molecule has 0 bridgehead atoms. The maximum Gasteiger partial charge on any atom is 0.410 e. The minimum absolute atomic E-state index is 0.141. The average molecular weight is 274 g/mol. The third kappa shape index (κ3) is 4.43. The van der Waals surface area contributed by atoms with Crippen LogP contribution in [0.5, 0.6) is 0 Å². The van der Waals surface area contributed by atoms with Gasteiger partial charge in [0.05, 0.1) is 0 Å². The highest BCUT2D eigenvalue weighted by Crippen LogP contribution is 2.25. The number of allylic oxidation sites excluding steroid dienone is 3. The summed E-state index contributed by atoms with van der Waals surface area (Å²) in [4.78, 5) is 0. The van der Waals surface area contributed by atoms with Gasteiger partial charge in [0.15, 0.2) is 0 Å². The second-order valence-corrected chi connectivity index (χ2v) is 4.25. The first-order chi connectivity index (χ1) is 9.54. The molecule has 0 nitrogen and oxygen atoms in total. The van der Waals surface area contributed by atoms with E-state index in [0.29, 0.717) is 11.6 Å². The number of alkyl halides is 3. The molecule has 0 heterocycles. The summed E-state index contributed by atoms with van der Waals surface area (Å²) in [5.74, 6) is 0. The fraction of sp³-hybridized carbons (Fsp3) is 0.0588. The summed E-state index contributed by atoms with van der Waals surface area (Å²) in [5.41, 5.74) is 1.54. The zero-order chi connectivity index (χ0) is 14.4. The SMILES string of the molecule is FC(F)(F)/C=C(\C=C\c1ccccc1)c1ccccc1. The van der Waals surface area contributed by atoms with Gasteiger partial charge in [0.1, 0.15) is 0 Å². The van der Waals surface area contributed by atoms with E-state index in [2.05, 4.69) is 0 Å². The van der Waals surface area contributed by atoms with Crippen molar-refractivity contribution in [3.8, 4) is 0 Å². The van der Waals surface area contributed by atoms with Crippen LogP contribution in [0.1, 0.15) is 11.1 Å². The lowest BCUT2D eigenvalue weighted by molar-refractivity contribution is -0.0792. The van der Waals surface area contributed by atoms with E-state index in [9.17, 15) is 13.2 Å². The van der Waals surface area contributed by atoms with E-state index in [-0.39, 0.29) is 5.57 Å². The number of hydrogen-bond acceptors (Lipinski definition) is 0. The molecule has 0 aliphatic rings. The second-order valence-electron chi connectivity index (χ2n) is 4.25. The van der Waals surface area contributed by atoms with Crippen LogP contribution in [0.2, 0.25) is 0 Å². The van der Waals surface area contributed by atoms with Gasteiger partial charge in [-0.15, -0.1) is 0 Å². The Morgan fingerprint density at radius 2 is 1.35 bits per heavy atom. The van der Waals surface area contributed by atoms with Crippen molar-refractivity contribution in [2.75, 3.05) is 0 Å². The van der Waals surface area contributed by atoms with Gasteiger partial charge < -0.3 is 0 Å². The molecule has 0 saturated heterocycles. The van der Waals surface area contributed by atoms with E-state index in [1.54, 1.807) is 36.4 Å². The molecular weight excluding hydrogens is 261 g/mol. The molecule has 102 valence electrons. The van der Waals surface area contributed by atoms with E-state index in [1.165, 1.54) is 6.08 Å². The van der Waals surface area contributed by atoms with Crippen molar-refractivity contribution >= 4 is 11.6 Å². The van der Waals surface area contributed by atoms with Crippen LogP contribution in [0.4, 0.5) is 13.2 Å². The quantitative estimate of drug-likeness (QED) is 0.662. The molecule has 0 aromatic heterocycles. The van der Waals surface area contributed by atoms with Crippen molar-refractivity contribution in [2.45, 2.75) is 6.18 Å². The first-order valence-electron chi connectivity index (χ1n) is 6.13. The van der Waals surface area contributed by atoms with Crippen molar-refractivity contribution in [2.24, 2.45) is 0 Å². The molecule has 2 rings (SSSR count). The smallest absolute Gasteiger partial charge is 0.167 e. The van der Waals surface area contributed by atoms with Crippen molar-refractivity contribution in [3.63, 3.8) is 0 Å². The largest absolute Gasteiger partial charge is 0.410 e. The van der Waals surface area contributed by atoms with Crippen LogP contribution in [0.25, 0.3) is 11.6 Å². The maximum atomic E-state index is 12.6. The van der Waals surface area contributed by atoms with Gasteiger partial charge in [0.25, 0.3) is 0 Å². The molecule has 0 amide bonds. The van der Waals surface area contributed by atoms with Crippen LogP contribution in [-0.4, -0.2) is 6.18 Å². The van der Waals surface area contributed by atoms with E-state index >= 15 is 0 Å². The predicted molar refractivity (Wildman–Crippen MR) is 76.0 cm³/mol. The Kier molecular flexibility index (Phi) is 4.41. The van der Waals surface area contributed by atoms with Crippen LogP contribution < -0.4 is 0 Å². The van der Waals surface area contributed by atoms with Gasteiger partial charge in [-0.3, -0.25) is 0 Å². The topological polar surface area (TPSA) is 0 Å². The number of hydrogen-bond donors (Lipinski definition) is 0. The normalized spacial score (nSPS) is 12.8. The summed E-state index contributed by atoms with van der Waals surface area (Å²) in [6, 6.07) is 17.8. The van der Waals surface area contributed by atoms with Gasteiger partial charge >= 0.3 is 6.18 Å². The van der Waals surface area contributed by atoms with Crippen LogP contribution in [-0.2, 0) is 0 Å². The highest BCUT2D eigenvalue weighted by atomic mass is 19.4. The van der Waals surface area contributed by atoms with E-state index in [1.807, 2.05) is 30.3 Å². The Balaban J connectivity index is 2.34. The Morgan fingerprint density at radius 3 is 1.90 bits per heavy atom. The summed E-state index contributed by atoms with van der Waals surface area (Å²) in [6.07, 6.45) is -0.864. The number of halogens is 3. The number of benzene rings is 2. The van der Waals surface area contributed by atoms with Gasteiger partial charge in [-0.05, 0) is 16.7 Å². The van der Waals surface area contributed by atoms with Gasteiger partial charge in [0, 0.05) is 6.08 Å². The van der Waals surface area contributed by atoms with E-state index in [0.717, 1.165) is 5.56 Å². The van der Waals surface area contributed by atoms with Gasteiger partial charge in [-0.2, -0.15) is 13.2 Å². The Bertz CT molecular complexity index is 593. The molecule has 2 aromatic rings. The third-order valence-corrected chi connectivity index (χ3v) is 2.68. The lowest BCUT2D eigenvalue weighted by Crippen LogP contribution is -2.02. The first-order valence-corrected chi connectivity index (χ1v) is 6.13. The fourth-order valence-electron chi connectivity index (χ4n) is 1.78. The molecule has 0 radical (unpaired) electrons. The highest BCUT2D eigenvalue weighted by molar-refractivity contribution is 5.79. The standard InChI is InChI=1S/C17H13F3/c18-17(19,20)13-16(15-9-5-2-6-10-15)12-11-14-7-3-1-4-8-14/h1-13H/b12-11+,16-13+. The van der Waals surface area contributed by atoms with Crippen LogP contribution in [0, 0.1) is 0 Å². The zero-order valence-electron chi connectivity index (χ0n) is 10.6. The lowest BCUT2D eigenvalue weighted by atomic mass is 10.0. The molecule has 3 heteroatoms. The predicted octanol–water partition coefficient (Wildman–Crippen LogP) is 5.35. The van der Waals surface area contributed by atoms with Gasteiger partial charge in [-0.25, -0.2) is 0 Å². The molecule has 0 atom stereocenters. The summed E-state index contributed by atoms with van der Waals surface area (Å²) < 4.78 is 37.8. The van der Waals surface area contributed by atoms with Gasteiger partial charge in [0.2, 0.25) is 0 Å². The highest BCUT2D eigenvalue weighted by Gasteiger charge is 2.24. The summed E-state index contributed by atoms with van der Waals surface area (Å²) in [7, 11) is 0. The average Bonchev–Trinajstić information content (AvgIpc) is 2.44. The molecule has 0 aliphatic heterocycles. The van der Waals surface area contributed by atoms with E-state index < -0.39 is 6.18 Å². The molecule has 0 aliphatic carbocycles. The summed E-state index contributed by atoms with van der Waals surface area (Å²) in [6.45, 7) is 0. The van der Waals surface area contributed by atoms with Crippen LogP contribution in [0.15, 0.2) is 72.8 Å². The molecule has 0 saturated carbocycles. The van der Waals surface area contributed by atoms with Crippen molar-refractivity contribution < 1.29 is 13.2 Å². The first kappa shape index (κ1) is 14.1. The summed E-state index contributed by atoms with van der Waals surface area (Å²) >= 11 is 0. The Morgan fingerprint density at radius 1 is 0.800 bits per heavy atom. The molecule has 0 spiro atoms. The van der Waals surface area contributed by atoms with E-state index in [4.69, 9.17) is 0 Å². The van der Waals surface area contributed by atoms with Crippen molar-refractivity contribution in [3.05, 3.63) is 83.9 Å². The molecule has 0 N–H and O–H groups in total. The molecule has 0 unspecified atom stereocenters. The third-order valence-electron chi connectivity index (χ3n) is 2.68. The Labute approximate surface area is 115 Å². The lowest BCUT2D eigenvalue weighted by Gasteiger charge is -2.05.